The van der Waals surface area contributed by atoms with Gasteiger partial charge in [-0.2, -0.15) is 11.8 Å². The van der Waals surface area contributed by atoms with Gasteiger partial charge in [0.25, 0.3) is 0 Å². The minimum Gasteiger partial charge on any atom is -0.480 e. The van der Waals surface area contributed by atoms with E-state index in [1.807, 2.05) is 6.26 Å². The van der Waals surface area contributed by atoms with E-state index in [0.717, 1.165) is 18.6 Å². The van der Waals surface area contributed by atoms with Crippen LogP contribution in [0.3, 0.4) is 0 Å². The van der Waals surface area contributed by atoms with E-state index >= 15 is 0 Å². The van der Waals surface area contributed by atoms with Gasteiger partial charge in [-0.15, -0.1) is 0 Å². The van der Waals surface area contributed by atoms with E-state index in [4.69, 9.17) is 5.11 Å². The van der Waals surface area contributed by atoms with E-state index in [2.05, 4.69) is 19.2 Å². The average Bonchev–Trinajstić information content (AvgIpc) is 2.33. The fourth-order valence-electron chi connectivity index (χ4n) is 2.05. The number of amides is 2. The first-order valence-corrected chi connectivity index (χ1v) is 8.02. The summed E-state index contributed by atoms with van der Waals surface area (Å²) in [5.41, 5.74) is 0.280. The Morgan fingerprint density at radius 1 is 1.37 bits per heavy atom. The minimum absolute atomic E-state index is 0.246. The van der Waals surface area contributed by atoms with Crippen LogP contribution < -0.4 is 5.32 Å². The maximum Gasteiger partial charge on any atom is 0.326 e. The number of aliphatic carboxylic acids is 1. The van der Waals surface area contributed by atoms with Gasteiger partial charge in [-0.25, -0.2) is 9.59 Å². The Morgan fingerprint density at radius 2 is 1.95 bits per heavy atom. The fraction of sp³-hybridized carbons (Fsp3) is 0.846. The summed E-state index contributed by atoms with van der Waals surface area (Å²) in [6, 6.07) is -1.03. The second kappa shape index (κ2) is 7.03. The van der Waals surface area contributed by atoms with E-state index in [1.165, 1.54) is 0 Å². The monoisotopic (exact) mass is 288 g/mol. The van der Waals surface area contributed by atoms with Crippen LogP contribution in [0.2, 0.25) is 0 Å². The van der Waals surface area contributed by atoms with E-state index < -0.39 is 12.0 Å². The van der Waals surface area contributed by atoms with Gasteiger partial charge in [-0.3, -0.25) is 0 Å². The summed E-state index contributed by atoms with van der Waals surface area (Å²) in [6.45, 7) is 5.79. The van der Waals surface area contributed by atoms with Crippen molar-refractivity contribution >= 4 is 23.8 Å². The maximum absolute atomic E-state index is 12.0. The highest BCUT2D eigenvalue weighted by atomic mass is 32.2. The molecule has 1 aliphatic rings. The molecule has 1 saturated heterocycles. The van der Waals surface area contributed by atoms with Crippen LogP contribution in [-0.4, -0.2) is 53.1 Å². The molecule has 1 rings (SSSR count). The molecule has 0 aromatic heterocycles. The molecule has 2 N–H and O–H groups in total. The summed E-state index contributed by atoms with van der Waals surface area (Å²) in [6.07, 6.45) is 4.31. The van der Waals surface area contributed by atoms with Crippen molar-refractivity contribution in [2.24, 2.45) is 5.41 Å². The van der Waals surface area contributed by atoms with E-state index in [0.29, 0.717) is 19.5 Å². The second-order valence-electron chi connectivity index (χ2n) is 5.77. The van der Waals surface area contributed by atoms with Crippen LogP contribution >= 0.6 is 11.8 Å². The van der Waals surface area contributed by atoms with Crippen molar-refractivity contribution in [3.05, 3.63) is 0 Å². The van der Waals surface area contributed by atoms with Crippen LogP contribution in [0.15, 0.2) is 0 Å². The van der Waals surface area contributed by atoms with Gasteiger partial charge in [0.05, 0.1) is 0 Å². The number of thioether (sulfide) groups is 1. The van der Waals surface area contributed by atoms with Gasteiger partial charge in [0.1, 0.15) is 6.04 Å². The number of carboxylic acids is 1. The number of carboxylic acid groups (broad SMARTS) is 1. The molecule has 1 heterocycles. The van der Waals surface area contributed by atoms with Gasteiger partial charge >= 0.3 is 12.0 Å². The predicted molar refractivity (Wildman–Crippen MR) is 77.5 cm³/mol. The van der Waals surface area contributed by atoms with Crippen LogP contribution in [0.5, 0.6) is 0 Å². The van der Waals surface area contributed by atoms with Crippen molar-refractivity contribution in [3.63, 3.8) is 0 Å². The highest BCUT2D eigenvalue weighted by Gasteiger charge is 2.29. The summed E-state index contributed by atoms with van der Waals surface area (Å²) in [4.78, 5) is 24.8. The largest absolute Gasteiger partial charge is 0.480 e. The highest BCUT2D eigenvalue weighted by Crippen LogP contribution is 2.29. The van der Waals surface area contributed by atoms with Gasteiger partial charge in [-0.1, -0.05) is 13.8 Å². The van der Waals surface area contributed by atoms with E-state index in [1.54, 1.807) is 16.7 Å². The third kappa shape index (κ3) is 5.30. The molecular weight excluding hydrogens is 264 g/mol. The molecule has 6 heteroatoms. The lowest BCUT2D eigenvalue weighted by atomic mass is 9.83. The molecule has 0 saturated carbocycles. The number of rotatable bonds is 5. The number of carbonyl (C=O) groups excluding carboxylic acids is 1. The van der Waals surface area contributed by atoms with Crippen molar-refractivity contribution in [1.29, 1.82) is 0 Å². The Bertz CT molecular complexity index is 324. The topological polar surface area (TPSA) is 69.6 Å². The number of likely N-dealkylation sites (tertiary alicyclic amines) is 1. The van der Waals surface area contributed by atoms with Crippen molar-refractivity contribution in [3.8, 4) is 0 Å². The molecule has 5 nitrogen and oxygen atoms in total. The minimum atomic E-state index is -0.959. The number of hydrogen-bond donors (Lipinski definition) is 2. The molecule has 1 atom stereocenters. The van der Waals surface area contributed by atoms with Gasteiger partial charge in [0.15, 0.2) is 0 Å². The van der Waals surface area contributed by atoms with Crippen molar-refractivity contribution in [1.82, 2.24) is 10.2 Å². The van der Waals surface area contributed by atoms with Gasteiger partial charge in [-0.05, 0) is 36.7 Å². The lowest BCUT2D eigenvalue weighted by molar-refractivity contribution is -0.139. The summed E-state index contributed by atoms with van der Waals surface area (Å²) >= 11 is 1.58. The molecule has 2 amide bonds. The molecule has 19 heavy (non-hydrogen) atoms. The Labute approximate surface area is 119 Å². The predicted octanol–water partition coefficient (Wildman–Crippen LogP) is 2.02. The zero-order chi connectivity index (χ0) is 14.5. The summed E-state index contributed by atoms with van der Waals surface area (Å²) in [7, 11) is 0. The average molecular weight is 288 g/mol. The standard InChI is InChI=1S/C13H24N2O3S/c1-13(2)5-7-15(8-6-13)12(18)14-10(11(16)17)4-9-19-3/h10H,4-9H2,1-3H3,(H,14,18)(H,16,17)/t10-/m0/s1. The first-order valence-electron chi connectivity index (χ1n) is 6.63. The normalized spacial score (nSPS) is 19.8. The lowest BCUT2D eigenvalue weighted by Crippen LogP contribution is -2.51. The first kappa shape index (κ1) is 16.1. The van der Waals surface area contributed by atoms with Crippen LogP contribution in [-0.2, 0) is 4.79 Å². The SMILES string of the molecule is CSCC[C@H](NC(=O)N1CCC(C)(C)CC1)C(=O)O. The Balaban J connectivity index is 2.46. The third-order valence-electron chi connectivity index (χ3n) is 3.61. The van der Waals surface area contributed by atoms with Gasteiger partial charge < -0.3 is 15.3 Å². The summed E-state index contributed by atoms with van der Waals surface area (Å²) in [5, 5.41) is 11.7. The quantitative estimate of drug-likeness (QED) is 0.812. The molecular formula is C13H24N2O3S. The lowest BCUT2D eigenvalue weighted by Gasteiger charge is -2.37. The zero-order valence-corrected chi connectivity index (χ0v) is 12.8. The molecule has 0 spiro atoms. The maximum atomic E-state index is 12.0. The van der Waals surface area contributed by atoms with Crippen molar-refractivity contribution < 1.29 is 14.7 Å². The Morgan fingerprint density at radius 3 is 2.42 bits per heavy atom. The Kier molecular flexibility index (Phi) is 5.97. The number of piperidine rings is 1. The first-order chi connectivity index (χ1) is 8.85. The number of nitrogens with one attached hydrogen (secondary N) is 1. The van der Waals surface area contributed by atoms with Gasteiger partial charge in [0.2, 0.25) is 0 Å². The summed E-state index contributed by atoms with van der Waals surface area (Å²) < 4.78 is 0. The van der Waals surface area contributed by atoms with Crippen LogP contribution in [0.25, 0.3) is 0 Å². The molecule has 0 unspecified atom stereocenters. The fourth-order valence-corrected chi connectivity index (χ4v) is 2.52. The van der Waals surface area contributed by atoms with Crippen molar-refractivity contribution in [2.75, 3.05) is 25.1 Å². The molecule has 1 fully saturated rings. The molecule has 0 bridgehead atoms. The Hall–Kier alpha value is -0.910. The summed E-state index contributed by atoms with van der Waals surface area (Å²) in [5.74, 6) is -0.232. The van der Waals surface area contributed by atoms with Crippen LogP contribution in [0.1, 0.15) is 33.1 Å². The third-order valence-corrected chi connectivity index (χ3v) is 4.25. The number of urea groups is 1. The van der Waals surface area contributed by atoms with Crippen LogP contribution in [0.4, 0.5) is 4.79 Å². The zero-order valence-electron chi connectivity index (χ0n) is 11.9. The number of carbonyl (C=O) groups is 2. The van der Waals surface area contributed by atoms with E-state index in [-0.39, 0.29) is 11.4 Å². The second-order valence-corrected chi connectivity index (χ2v) is 6.76. The van der Waals surface area contributed by atoms with Crippen LogP contribution in [0, 0.1) is 5.41 Å². The molecule has 1 aliphatic heterocycles. The van der Waals surface area contributed by atoms with Gasteiger partial charge in [0, 0.05) is 13.1 Å². The molecule has 110 valence electrons. The highest BCUT2D eigenvalue weighted by molar-refractivity contribution is 7.98. The molecule has 0 aromatic carbocycles. The molecule has 0 aliphatic carbocycles. The van der Waals surface area contributed by atoms with E-state index in [9.17, 15) is 9.59 Å². The molecule has 0 radical (unpaired) electrons. The smallest absolute Gasteiger partial charge is 0.326 e. The molecule has 0 aromatic rings. The number of hydrogen-bond acceptors (Lipinski definition) is 3. The number of nitrogens with zero attached hydrogens (tertiary/aromatic N) is 1. The van der Waals surface area contributed by atoms with Crippen molar-refractivity contribution in [2.45, 2.75) is 39.2 Å².